The van der Waals surface area contributed by atoms with Crippen LogP contribution in [0.25, 0.3) is 0 Å². The minimum atomic E-state index is -0.895. The van der Waals surface area contributed by atoms with E-state index in [1.165, 1.54) is 12.5 Å². The van der Waals surface area contributed by atoms with E-state index in [9.17, 15) is 9.90 Å². The molecule has 4 nitrogen and oxygen atoms in total. The maximum atomic E-state index is 11.7. The SMILES string of the molecule is COc1cccc(C2CCN(C(=O)[C@@H](C)O)CC2)c1. The van der Waals surface area contributed by atoms with E-state index in [4.69, 9.17) is 4.74 Å². The molecule has 1 aromatic rings. The van der Waals surface area contributed by atoms with Crippen LogP contribution in [0.5, 0.6) is 5.75 Å². The Morgan fingerprint density at radius 1 is 1.42 bits per heavy atom. The third-order valence-corrected chi connectivity index (χ3v) is 3.73. The largest absolute Gasteiger partial charge is 0.497 e. The molecule has 0 radical (unpaired) electrons. The summed E-state index contributed by atoms with van der Waals surface area (Å²) in [6, 6.07) is 8.12. The Morgan fingerprint density at radius 3 is 2.68 bits per heavy atom. The third kappa shape index (κ3) is 3.26. The van der Waals surface area contributed by atoms with Gasteiger partial charge in [0.15, 0.2) is 0 Å². The van der Waals surface area contributed by atoms with Gasteiger partial charge in [0.2, 0.25) is 0 Å². The zero-order chi connectivity index (χ0) is 13.8. The number of rotatable bonds is 3. The van der Waals surface area contributed by atoms with Crippen molar-refractivity contribution in [3.8, 4) is 5.75 Å². The number of hydrogen-bond acceptors (Lipinski definition) is 3. The maximum Gasteiger partial charge on any atom is 0.251 e. The topological polar surface area (TPSA) is 49.8 Å². The first-order valence-electron chi connectivity index (χ1n) is 6.72. The lowest BCUT2D eigenvalue weighted by molar-refractivity contribution is -0.140. The lowest BCUT2D eigenvalue weighted by atomic mass is 9.89. The Kier molecular flexibility index (Phi) is 4.43. The summed E-state index contributed by atoms with van der Waals surface area (Å²) in [4.78, 5) is 13.4. The average molecular weight is 263 g/mol. The second-order valence-electron chi connectivity index (χ2n) is 5.05. The Balaban J connectivity index is 1.97. The van der Waals surface area contributed by atoms with Crippen LogP contribution in [0.1, 0.15) is 31.2 Å². The van der Waals surface area contributed by atoms with E-state index in [1.807, 2.05) is 12.1 Å². The molecule has 1 aliphatic rings. The van der Waals surface area contributed by atoms with Gasteiger partial charge in [-0.25, -0.2) is 0 Å². The second kappa shape index (κ2) is 6.06. The number of aliphatic hydroxyl groups excluding tert-OH is 1. The standard InChI is InChI=1S/C15H21NO3/c1-11(17)15(18)16-8-6-12(7-9-16)13-4-3-5-14(10-13)19-2/h3-5,10-12,17H,6-9H2,1-2H3/t11-/m1/s1. The minimum Gasteiger partial charge on any atom is -0.497 e. The molecule has 1 aromatic carbocycles. The van der Waals surface area contributed by atoms with E-state index >= 15 is 0 Å². The first-order chi connectivity index (χ1) is 9.11. The van der Waals surface area contributed by atoms with Crippen LogP contribution in [0.15, 0.2) is 24.3 Å². The molecule has 0 aliphatic carbocycles. The molecular formula is C15H21NO3. The molecule has 1 amide bonds. The monoisotopic (exact) mass is 263 g/mol. The first-order valence-corrected chi connectivity index (χ1v) is 6.72. The van der Waals surface area contributed by atoms with Crippen molar-refractivity contribution in [1.29, 1.82) is 0 Å². The van der Waals surface area contributed by atoms with E-state index in [0.29, 0.717) is 19.0 Å². The van der Waals surface area contributed by atoms with Crippen LogP contribution in [0, 0.1) is 0 Å². The number of methoxy groups -OCH3 is 1. The molecule has 2 rings (SSSR count). The highest BCUT2D eigenvalue weighted by atomic mass is 16.5. The van der Waals surface area contributed by atoms with Crippen LogP contribution in [0.2, 0.25) is 0 Å². The van der Waals surface area contributed by atoms with Crippen LogP contribution >= 0.6 is 0 Å². The fourth-order valence-corrected chi connectivity index (χ4v) is 2.59. The zero-order valence-electron chi connectivity index (χ0n) is 11.5. The van der Waals surface area contributed by atoms with Crippen molar-refractivity contribution >= 4 is 5.91 Å². The van der Waals surface area contributed by atoms with Crippen molar-refractivity contribution in [2.75, 3.05) is 20.2 Å². The summed E-state index contributed by atoms with van der Waals surface area (Å²) in [5.74, 6) is 1.18. The molecule has 1 N–H and O–H groups in total. The van der Waals surface area contributed by atoms with Crippen molar-refractivity contribution in [3.63, 3.8) is 0 Å². The predicted octanol–water partition coefficient (Wildman–Crippen LogP) is 1.78. The number of benzene rings is 1. The molecule has 1 fully saturated rings. The fourth-order valence-electron chi connectivity index (χ4n) is 2.59. The Hall–Kier alpha value is -1.55. The fraction of sp³-hybridized carbons (Fsp3) is 0.533. The summed E-state index contributed by atoms with van der Waals surface area (Å²) in [5.41, 5.74) is 1.27. The van der Waals surface area contributed by atoms with Gasteiger partial charge >= 0.3 is 0 Å². The highest BCUT2D eigenvalue weighted by Gasteiger charge is 2.25. The number of carbonyl (C=O) groups excluding carboxylic acids is 1. The van der Waals surface area contributed by atoms with Crippen molar-refractivity contribution < 1.29 is 14.6 Å². The van der Waals surface area contributed by atoms with Gasteiger partial charge in [0.1, 0.15) is 11.9 Å². The summed E-state index contributed by atoms with van der Waals surface area (Å²) in [6.07, 6.45) is 0.977. The summed E-state index contributed by atoms with van der Waals surface area (Å²) < 4.78 is 5.24. The van der Waals surface area contributed by atoms with Gasteiger partial charge in [0, 0.05) is 13.1 Å². The molecule has 4 heteroatoms. The quantitative estimate of drug-likeness (QED) is 0.904. The number of ether oxygens (including phenoxy) is 1. The highest BCUT2D eigenvalue weighted by Crippen LogP contribution is 2.30. The molecule has 1 atom stereocenters. The Labute approximate surface area is 114 Å². The van der Waals surface area contributed by atoms with E-state index in [-0.39, 0.29) is 5.91 Å². The van der Waals surface area contributed by atoms with Gasteiger partial charge < -0.3 is 14.7 Å². The van der Waals surface area contributed by atoms with Crippen molar-refractivity contribution in [3.05, 3.63) is 29.8 Å². The third-order valence-electron chi connectivity index (χ3n) is 3.73. The van der Waals surface area contributed by atoms with Crippen molar-refractivity contribution in [2.24, 2.45) is 0 Å². The van der Waals surface area contributed by atoms with Crippen LogP contribution < -0.4 is 4.74 Å². The smallest absolute Gasteiger partial charge is 0.251 e. The number of amides is 1. The summed E-state index contributed by atoms with van der Waals surface area (Å²) in [5, 5.41) is 9.32. The molecule has 0 saturated carbocycles. The lowest BCUT2D eigenvalue weighted by Crippen LogP contribution is -2.42. The van der Waals surface area contributed by atoms with E-state index < -0.39 is 6.10 Å². The highest BCUT2D eigenvalue weighted by molar-refractivity contribution is 5.80. The lowest BCUT2D eigenvalue weighted by Gasteiger charge is -2.33. The van der Waals surface area contributed by atoms with Crippen LogP contribution in [-0.4, -0.2) is 42.2 Å². The van der Waals surface area contributed by atoms with Gasteiger partial charge in [-0.1, -0.05) is 12.1 Å². The number of likely N-dealkylation sites (tertiary alicyclic amines) is 1. The number of carbonyl (C=O) groups is 1. The number of hydrogen-bond donors (Lipinski definition) is 1. The second-order valence-corrected chi connectivity index (χ2v) is 5.05. The average Bonchev–Trinajstić information content (AvgIpc) is 2.46. The van der Waals surface area contributed by atoms with Gasteiger partial charge in [0.25, 0.3) is 5.91 Å². The number of aliphatic hydroxyl groups is 1. The zero-order valence-corrected chi connectivity index (χ0v) is 11.5. The first kappa shape index (κ1) is 13.9. The van der Waals surface area contributed by atoms with Crippen molar-refractivity contribution in [2.45, 2.75) is 31.8 Å². The van der Waals surface area contributed by atoms with Crippen LogP contribution in [0.3, 0.4) is 0 Å². The van der Waals surface area contributed by atoms with Gasteiger partial charge in [-0.05, 0) is 43.4 Å². The van der Waals surface area contributed by atoms with Gasteiger partial charge in [-0.15, -0.1) is 0 Å². The Morgan fingerprint density at radius 2 is 2.11 bits per heavy atom. The number of nitrogens with zero attached hydrogens (tertiary/aromatic N) is 1. The maximum absolute atomic E-state index is 11.7. The van der Waals surface area contributed by atoms with Crippen LogP contribution in [0.4, 0.5) is 0 Å². The Bertz CT molecular complexity index is 437. The van der Waals surface area contributed by atoms with E-state index in [1.54, 1.807) is 12.0 Å². The molecule has 104 valence electrons. The van der Waals surface area contributed by atoms with Crippen LogP contribution in [-0.2, 0) is 4.79 Å². The van der Waals surface area contributed by atoms with Gasteiger partial charge in [-0.2, -0.15) is 0 Å². The molecule has 1 heterocycles. The molecule has 1 aliphatic heterocycles. The van der Waals surface area contributed by atoms with E-state index in [2.05, 4.69) is 12.1 Å². The molecule has 0 unspecified atom stereocenters. The molecule has 0 spiro atoms. The summed E-state index contributed by atoms with van der Waals surface area (Å²) in [6.45, 7) is 2.95. The summed E-state index contributed by atoms with van der Waals surface area (Å²) in [7, 11) is 1.67. The predicted molar refractivity (Wildman–Crippen MR) is 73.2 cm³/mol. The normalized spacial score (nSPS) is 18.2. The molecule has 0 bridgehead atoms. The molecule has 0 aromatic heterocycles. The summed E-state index contributed by atoms with van der Waals surface area (Å²) >= 11 is 0. The molecule has 19 heavy (non-hydrogen) atoms. The van der Waals surface area contributed by atoms with E-state index in [0.717, 1.165) is 18.6 Å². The molecule has 1 saturated heterocycles. The molecular weight excluding hydrogens is 242 g/mol. The van der Waals surface area contributed by atoms with Crippen molar-refractivity contribution in [1.82, 2.24) is 4.90 Å². The number of piperidine rings is 1. The van der Waals surface area contributed by atoms with Gasteiger partial charge in [-0.3, -0.25) is 4.79 Å². The van der Waals surface area contributed by atoms with Gasteiger partial charge in [0.05, 0.1) is 7.11 Å². The minimum absolute atomic E-state index is 0.163.